The maximum absolute atomic E-state index is 16.0. The quantitative estimate of drug-likeness (QED) is 0.115. The molecule has 0 bridgehead atoms. The van der Waals surface area contributed by atoms with Crippen LogP contribution in [-0.4, -0.2) is 77.3 Å². The molecule has 1 aromatic carbocycles. The lowest BCUT2D eigenvalue weighted by atomic mass is 9.87. The van der Waals surface area contributed by atoms with Gasteiger partial charge in [-0.25, -0.2) is 19.0 Å². The van der Waals surface area contributed by atoms with Gasteiger partial charge in [-0.3, -0.25) is 19.7 Å². The average molecular weight is 753 g/mol. The van der Waals surface area contributed by atoms with Crippen LogP contribution in [-0.2, 0) is 28.6 Å². The van der Waals surface area contributed by atoms with Crippen molar-refractivity contribution in [3.8, 4) is 0 Å². The van der Waals surface area contributed by atoms with Gasteiger partial charge in [-0.1, -0.05) is 34.6 Å². The number of hydrogen-bond donors (Lipinski definition) is 5. The summed E-state index contributed by atoms with van der Waals surface area (Å²) in [6.45, 7) is 6.71. The molecule has 6 atom stereocenters. The van der Waals surface area contributed by atoms with Gasteiger partial charge in [0, 0.05) is 45.7 Å². The third-order valence-electron chi connectivity index (χ3n) is 7.96. The summed E-state index contributed by atoms with van der Waals surface area (Å²) in [7, 11) is 0. The Morgan fingerprint density at radius 3 is 2.27 bits per heavy atom. The van der Waals surface area contributed by atoms with Gasteiger partial charge < -0.3 is 36.1 Å². The number of esters is 2. The number of nitrogens with zero attached hydrogens (tertiary/aromatic N) is 1. The number of urea groups is 1. The van der Waals surface area contributed by atoms with Gasteiger partial charge >= 0.3 is 23.9 Å². The van der Waals surface area contributed by atoms with Gasteiger partial charge in [0.15, 0.2) is 11.9 Å². The molecule has 1 fully saturated rings. The van der Waals surface area contributed by atoms with Gasteiger partial charge in [0.2, 0.25) is 0 Å². The van der Waals surface area contributed by atoms with E-state index in [2.05, 4.69) is 31.5 Å². The predicted molar refractivity (Wildman–Crippen MR) is 179 cm³/mol. The largest absolute Gasteiger partial charge is 0.480 e. The molecule has 1 aliphatic rings. The molecule has 14 nitrogen and oxygen atoms in total. The van der Waals surface area contributed by atoms with E-state index in [-0.39, 0.29) is 41.3 Å². The number of rotatable bonds is 17. The van der Waals surface area contributed by atoms with E-state index in [1.807, 2.05) is 0 Å². The second kappa shape index (κ2) is 17.6. The highest BCUT2D eigenvalue weighted by molar-refractivity contribution is 9.10. The number of Topliss-reactive ketones (excluding diaryl/α,β-unsaturated/α-hetero) is 1. The average Bonchev–Trinajstić information content (AvgIpc) is 3.80. The summed E-state index contributed by atoms with van der Waals surface area (Å²) >= 11 is 3.27. The van der Waals surface area contributed by atoms with E-state index in [9.17, 15) is 29.1 Å². The normalized spacial score (nSPS) is 17.9. The van der Waals surface area contributed by atoms with Crippen LogP contribution in [0.5, 0.6) is 0 Å². The Labute approximate surface area is 291 Å². The molecule has 1 heterocycles. The van der Waals surface area contributed by atoms with Crippen molar-refractivity contribution in [1.82, 2.24) is 10.3 Å². The first-order valence-corrected chi connectivity index (χ1v) is 16.6. The Kier molecular flexibility index (Phi) is 14.2. The third kappa shape index (κ3) is 10.7. The smallest absolute Gasteiger partial charge is 0.329 e. The number of aliphatic carboxylic acids is 1. The lowest BCUT2D eigenvalue weighted by Gasteiger charge is -2.31. The fourth-order valence-corrected chi connectivity index (χ4v) is 5.14. The SMILES string of the molecule is CCC(=O)c1ccc(F)c([C@H]2C[C@H]2NC(=O)Nc2ccc(Br)cn2)c1C(OC(=O)C(N)C(C)C)C(COC(=O)C(N)C(C)C)OCC(=O)O. The van der Waals surface area contributed by atoms with Gasteiger partial charge in [-0.05, 0) is 58.5 Å². The first-order chi connectivity index (χ1) is 23.0. The van der Waals surface area contributed by atoms with Crippen LogP contribution in [0.15, 0.2) is 34.9 Å². The maximum atomic E-state index is 16.0. The van der Waals surface area contributed by atoms with Crippen molar-refractivity contribution in [3.63, 3.8) is 0 Å². The van der Waals surface area contributed by atoms with E-state index in [0.29, 0.717) is 4.47 Å². The maximum Gasteiger partial charge on any atom is 0.329 e. The Balaban J connectivity index is 2.11. The number of benzene rings is 1. The molecule has 4 unspecified atom stereocenters. The lowest BCUT2D eigenvalue weighted by Crippen LogP contribution is -2.43. The van der Waals surface area contributed by atoms with E-state index < -0.39 is 90.9 Å². The Morgan fingerprint density at radius 1 is 1.04 bits per heavy atom. The number of carbonyl (C=O) groups is 5. The van der Waals surface area contributed by atoms with Crippen LogP contribution in [0, 0.1) is 17.7 Å². The first kappa shape index (κ1) is 39.4. The van der Waals surface area contributed by atoms with Crippen LogP contribution in [0.2, 0.25) is 0 Å². The lowest BCUT2D eigenvalue weighted by molar-refractivity contribution is -0.172. The number of nitrogens with one attached hydrogen (secondary N) is 2. The monoisotopic (exact) mass is 751 g/mol. The molecule has 16 heteroatoms. The number of ketones is 1. The summed E-state index contributed by atoms with van der Waals surface area (Å²) in [5.41, 5.74) is 11.8. The number of carboxylic acid groups (broad SMARTS) is 1. The summed E-state index contributed by atoms with van der Waals surface area (Å²) in [6.07, 6.45) is -1.53. The summed E-state index contributed by atoms with van der Waals surface area (Å²) in [6, 6.07) is 2.12. The molecule has 49 heavy (non-hydrogen) atoms. The van der Waals surface area contributed by atoms with E-state index >= 15 is 4.39 Å². The van der Waals surface area contributed by atoms with Crippen LogP contribution in [0.25, 0.3) is 0 Å². The molecule has 0 radical (unpaired) electrons. The van der Waals surface area contributed by atoms with Crippen LogP contribution >= 0.6 is 15.9 Å². The van der Waals surface area contributed by atoms with Crippen molar-refractivity contribution >= 4 is 51.5 Å². The molecule has 2 amide bonds. The van der Waals surface area contributed by atoms with Gasteiger partial charge in [-0.15, -0.1) is 0 Å². The second-order valence-corrected chi connectivity index (χ2v) is 13.3. The molecule has 0 aliphatic heterocycles. The van der Waals surface area contributed by atoms with E-state index in [1.165, 1.54) is 12.3 Å². The molecule has 0 saturated heterocycles. The molecule has 1 saturated carbocycles. The highest BCUT2D eigenvalue weighted by atomic mass is 79.9. The minimum Gasteiger partial charge on any atom is -0.480 e. The molecule has 1 aliphatic carbocycles. The van der Waals surface area contributed by atoms with Crippen LogP contribution in [0.4, 0.5) is 15.0 Å². The van der Waals surface area contributed by atoms with Crippen molar-refractivity contribution in [1.29, 1.82) is 0 Å². The number of aromatic nitrogens is 1. The summed E-state index contributed by atoms with van der Waals surface area (Å²) < 4.78 is 33.6. The number of hydrogen-bond acceptors (Lipinski definition) is 11. The van der Waals surface area contributed by atoms with E-state index in [4.69, 9.17) is 25.7 Å². The Morgan fingerprint density at radius 2 is 1.69 bits per heavy atom. The van der Waals surface area contributed by atoms with Crippen molar-refractivity contribution in [2.45, 2.75) is 83.7 Å². The fraction of sp³-hybridized carbons (Fsp3) is 0.515. The molecule has 0 spiro atoms. The number of amides is 2. The van der Waals surface area contributed by atoms with Crippen molar-refractivity contribution in [3.05, 3.63) is 57.4 Å². The van der Waals surface area contributed by atoms with Gasteiger partial charge in [0.1, 0.15) is 43.0 Å². The van der Waals surface area contributed by atoms with Crippen molar-refractivity contribution < 1.29 is 47.7 Å². The Bertz CT molecular complexity index is 1520. The topological polar surface area (TPSA) is 222 Å². The highest BCUT2D eigenvalue weighted by Crippen LogP contribution is 2.47. The van der Waals surface area contributed by atoms with Crippen LogP contribution in [0.3, 0.4) is 0 Å². The van der Waals surface area contributed by atoms with Crippen LogP contribution < -0.4 is 22.1 Å². The molecule has 2 aromatic rings. The van der Waals surface area contributed by atoms with Crippen molar-refractivity contribution in [2.24, 2.45) is 23.3 Å². The number of pyridine rings is 1. The summed E-state index contributed by atoms with van der Waals surface area (Å²) in [5, 5.41) is 14.8. The fourth-order valence-electron chi connectivity index (χ4n) is 4.90. The van der Waals surface area contributed by atoms with Crippen LogP contribution in [0.1, 0.15) is 81.0 Å². The third-order valence-corrected chi connectivity index (χ3v) is 8.43. The number of nitrogens with two attached hydrogens (primary N) is 2. The van der Waals surface area contributed by atoms with E-state index in [0.717, 1.165) is 6.07 Å². The molecule has 3 rings (SSSR count). The van der Waals surface area contributed by atoms with E-state index in [1.54, 1.807) is 46.8 Å². The zero-order chi connectivity index (χ0) is 36.6. The molecular weight excluding hydrogens is 709 g/mol. The molecule has 1 aromatic heterocycles. The summed E-state index contributed by atoms with van der Waals surface area (Å²) in [4.78, 5) is 68.0. The van der Waals surface area contributed by atoms with Gasteiger partial charge in [0.25, 0.3) is 0 Å². The Hall–Kier alpha value is -3.99. The van der Waals surface area contributed by atoms with Gasteiger partial charge in [0.05, 0.1) is 0 Å². The van der Waals surface area contributed by atoms with Crippen molar-refractivity contribution in [2.75, 3.05) is 18.5 Å². The minimum absolute atomic E-state index is 0.0295. The number of carboxylic acids is 1. The molecular formula is C33H43BrFN5O9. The van der Waals surface area contributed by atoms with Gasteiger partial charge in [-0.2, -0.15) is 0 Å². The highest BCUT2D eigenvalue weighted by Gasteiger charge is 2.46. The zero-order valence-electron chi connectivity index (χ0n) is 27.9. The molecule has 268 valence electrons. The number of anilines is 1. The second-order valence-electron chi connectivity index (χ2n) is 12.4. The number of halogens is 2. The first-order valence-electron chi connectivity index (χ1n) is 15.8. The minimum atomic E-state index is -1.68. The standard InChI is InChI=1S/C33H43BrFN5O9/c1-6-22(41)18-8-9-20(35)26(19-11-21(19)39-33(46)40-24-10-7-17(34)12-38-24)27(18)30(49-32(45)29(37)16(4)5)23(47-14-25(42)43)13-48-31(44)28(36)15(2)3/h7-10,12,15-16,19,21,23,28-30H,6,11,13-14,36-37H2,1-5H3,(H,42,43)(H2,38,39,40,46)/t19-,21+,23?,28?,29?,30?/m0/s1. The predicted octanol–water partition coefficient (Wildman–Crippen LogP) is 3.82. The molecule has 7 N–H and O–H groups in total. The zero-order valence-corrected chi connectivity index (χ0v) is 29.5. The summed E-state index contributed by atoms with van der Waals surface area (Å²) in [5.74, 6) is -5.60. The number of ether oxygens (including phenoxy) is 3. The number of carbonyl (C=O) groups excluding carboxylic acids is 4.